The summed E-state index contributed by atoms with van der Waals surface area (Å²) in [6.07, 6.45) is -0.154. The maximum Gasteiger partial charge on any atom is 0.321 e. The lowest BCUT2D eigenvalue weighted by Crippen LogP contribution is -2.39. The van der Waals surface area contributed by atoms with Gasteiger partial charge in [0.2, 0.25) is 5.91 Å². The maximum absolute atomic E-state index is 11.4. The normalized spacial score (nSPS) is 12.6. The third-order valence-electron chi connectivity index (χ3n) is 2.02. The summed E-state index contributed by atoms with van der Waals surface area (Å²) in [5, 5.41) is 8.53. The molecule has 0 saturated carbocycles. The van der Waals surface area contributed by atoms with E-state index in [1.54, 1.807) is 7.05 Å². The van der Waals surface area contributed by atoms with E-state index in [9.17, 15) is 9.59 Å². The Bertz CT molecular complexity index is 231. The Kier molecular flexibility index (Phi) is 5.88. The van der Waals surface area contributed by atoms with Gasteiger partial charge in [0.15, 0.2) is 0 Å². The van der Waals surface area contributed by atoms with Crippen molar-refractivity contribution in [1.29, 1.82) is 0 Å². The fourth-order valence-electron chi connectivity index (χ4n) is 0.906. The zero-order chi connectivity index (χ0) is 12.0. The van der Waals surface area contributed by atoms with E-state index >= 15 is 0 Å². The van der Waals surface area contributed by atoms with Crippen molar-refractivity contribution in [3.8, 4) is 0 Å². The van der Waals surface area contributed by atoms with Gasteiger partial charge in [-0.05, 0) is 14.1 Å². The Hall–Kier alpha value is -1.14. The maximum atomic E-state index is 11.4. The van der Waals surface area contributed by atoms with E-state index in [0.29, 0.717) is 6.54 Å². The van der Waals surface area contributed by atoms with Crippen LogP contribution in [0.2, 0.25) is 0 Å². The second kappa shape index (κ2) is 6.36. The number of nitrogens with zero attached hydrogens (tertiary/aromatic N) is 2. The Morgan fingerprint density at radius 2 is 1.80 bits per heavy atom. The van der Waals surface area contributed by atoms with Gasteiger partial charge in [-0.15, -0.1) is 0 Å². The number of hydrogen-bond acceptors (Lipinski definition) is 4. The van der Waals surface area contributed by atoms with Crippen LogP contribution in [-0.4, -0.2) is 67.1 Å². The monoisotopic (exact) mass is 217 g/mol. The summed E-state index contributed by atoms with van der Waals surface area (Å²) in [7, 11) is 5.45. The number of carbonyl (C=O) groups is 2. The lowest BCUT2D eigenvalue weighted by atomic mass is 10.2. The van der Waals surface area contributed by atoms with E-state index in [4.69, 9.17) is 10.8 Å². The van der Waals surface area contributed by atoms with Gasteiger partial charge in [0, 0.05) is 20.1 Å². The zero-order valence-corrected chi connectivity index (χ0v) is 9.43. The first-order valence-corrected chi connectivity index (χ1v) is 4.71. The summed E-state index contributed by atoms with van der Waals surface area (Å²) in [6, 6.07) is -1.11. The Labute approximate surface area is 89.6 Å². The lowest BCUT2D eigenvalue weighted by Gasteiger charge is -2.20. The van der Waals surface area contributed by atoms with Gasteiger partial charge in [-0.2, -0.15) is 0 Å². The molecule has 0 heterocycles. The predicted octanol–water partition coefficient (Wildman–Crippen LogP) is -1.19. The molecule has 0 aliphatic carbocycles. The lowest BCUT2D eigenvalue weighted by molar-refractivity contribution is -0.142. The summed E-state index contributed by atoms with van der Waals surface area (Å²) in [5.41, 5.74) is 5.25. The predicted molar refractivity (Wildman–Crippen MR) is 56.4 cm³/mol. The topological polar surface area (TPSA) is 86.9 Å². The second-order valence-corrected chi connectivity index (χ2v) is 3.77. The minimum Gasteiger partial charge on any atom is -0.480 e. The van der Waals surface area contributed by atoms with Crippen LogP contribution in [0.1, 0.15) is 6.42 Å². The molecule has 0 rings (SSSR count). The molecule has 0 saturated heterocycles. The van der Waals surface area contributed by atoms with Crippen LogP contribution in [0, 0.1) is 0 Å². The number of likely N-dealkylation sites (N-methyl/N-ethyl adjacent to an activating group) is 2. The van der Waals surface area contributed by atoms with E-state index in [1.807, 2.05) is 19.0 Å². The van der Waals surface area contributed by atoms with Crippen molar-refractivity contribution in [1.82, 2.24) is 9.80 Å². The minimum atomic E-state index is -1.15. The number of nitrogens with two attached hydrogens (primary N) is 1. The summed E-state index contributed by atoms with van der Waals surface area (Å²) in [4.78, 5) is 25.3. The number of hydrogen-bond donors (Lipinski definition) is 2. The van der Waals surface area contributed by atoms with Crippen LogP contribution in [0.4, 0.5) is 0 Å². The highest BCUT2D eigenvalue weighted by Crippen LogP contribution is 1.95. The summed E-state index contributed by atoms with van der Waals surface area (Å²) in [6.45, 7) is 1.31. The van der Waals surface area contributed by atoms with Crippen LogP contribution < -0.4 is 5.73 Å². The number of carboxylic acid groups (broad SMARTS) is 1. The van der Waals surface area contributed by atoms with E-state index in [1.165, 1.54) is 4.90 Å². The van der Waals surface area contributed by atoms with Crippen LogP contribution in [0.15, 0.2) is 0 Å². The van der Waals surface area contributed by atoms with Crippen LogP contribution in [0.3, 0.4) is 0 Å². The molecule has 0 radical (unpaired) electrons. The van der Waals surface area contributed by atoms with Gasteiger partial charge in [-0.1, -0.05) is 0 Å². The van der Waals surface area contributed by atoms with Gasteiger partial charge < -0.3 is 20.6 Å². The third-order valence-corrected chi connectivity index (χ3v) is 2.02. The second-order valence-electron chi connectivity index (χ2n) is 3.77. The highest BCUT2D eigenvalue weighted by atomic mass is 16.4. The standard InChI is InChI=1S/C9H19N3O3/c1-11(2)4-5-12(3)8(13)6-7(10)9(14)15/h7H,4-6,10H2,1-3H3,(H,14,15). The molecule has 0 aliphatic heterocycles. The Morgan fingerprint density at radius 3 is 2.20 bits per heavy atom. The first-order valence-electron chi connectivity index (χ1n) is 4.71. The number of aliphatic carboxylic acids is 1. The van der Waals surface area contributed by atoms with Crippen LogP contribution >= 0.6 is 0 Å². The molecule has 15 heavy (non-hydrogen) atoms. The zero-order valence-electron chi connectivity index (χ0n) is 9.43. The van der Waals surface area contributed by atoms with Crippen molar-refractivity contribution in [2.24, 2.45) is 5.73 Å². The van der Waals surface area contributed by atoms with Gasteiger partial charge in [0.05, 0.1) is 6.42 Å². The largest absolute Gasteiger partial charge is 0.480 e. The molecule has 6 nitrogen and oxygen atoms in total. The van der Waals surface area contributed by atoms with Gasteiger partial charge in [0.1, 0.15) is 6.04 Å². The first-order chi connectivity index (χ1) is 6.84. The first kappa shape index (κ1) is 13.9. The molecule has 1 amide bonds. The molecule has 0 aromatic heterocycles. The van der Waals surface area contributed by atoms with Crippen molar-refractivity contribution in [3.63, 3.8) is 0 Å². The summed E-state index contributed by atoms with van der Waals surface area (Å²) in [5.74, 6) is -1.39. The highest BCUT2D eigenvalue weighted by Gasteiger charge is 2.18. The van der Waals surface area contributed by atoms with Crippen molar-refractivity contribution in [2.45, 2.75) is 12.5 Å². The highest BCUT2D eigenvalue weighted by molar-refractivity contribution is 5.84. The number of rotatable bonds is 6. The molecule has 6 heteroatoms. The Morgan fingerprint density at radius 1 is 1.27 bits per heavy atom. The number of carbonyl (C=O) groups excluding carboxylic acids is 1. The molecule has 0 aliphatic rings. The molecule has 0 spiro atoms. The fraction of sp³-hybridized carbons (Fsp3) is 0.778. The summed E-state index contributed by atoms with van der Waals surface area (Å²) < 4.78 is 0. The third kappa shape index (κ3) is 6.03. The van der Waals surface area contributed by atoms with Crippen molar-refractivity contribution < 1.29 is 14.7 Å². The number of carboxylic acids is 1. The van der Waals surface area contributed by atoms with Crippen LogP contribution in [0.25, 0.3) is 0 Å². The number of amides is 1. The fourth-order valence-corrected chi connectivity index (χ4v) is 0.906. The van der Waals surface area contributed by atoms with Gasteiger partial charge >= 0.3 is 5.97 Å². The Balaban J connectivity index is 3.94. The van der Waals surface area contributed by atoms with E-state index < -0.39 is 12.0 Å². The summed E-state index contributed by atoms with van der Waals surface area (Å²) >= 11 is 0. The smallest absolute Gasteiger partial charge is 0.321 e. The van der Waals surface area contributed by atoms with E-state index in [0.717, 1.165) is 6.54 Å². The molecule has 0 aromatic carbocycles. The van der Waals surface area contributed by atoms with Crippen LogP contribution in [-0.2, 0) is 9.59 Å². The molecular formula is C9H19N3O3. The molecule has 0 fully saturated rings. The molecule has 0 aromatic rings. The van der Waals surface area contributed by atoms with Crippen molar-refractivity contribution >= 4 is 11.9 Å². The molecule has 88 valence electrons. The van der Waals surface area contributed by atoms with E-state index in [-0.39, 0.29) is 12.3 Å². The molecular weight excluding hydrogens is 198 g/mol. The SMILES string of the molecule is CN(C)CCN(C)C(=O)CC(N)C(=O)O. The van der Waals surface area contributed by atoms with Gasteiger partial charge in [-0.3, -0.25) is 9.59 Å². The van der Waals surface area contributed by atoms with Gasteiger partial charge in [0.25, 0.3) is 0 Å². The van der Waals surface area contributed by atoms with E-state index in [2.05, 4.69) is 0 Å². The van der Waals surface area contributed by atoms with Crippen molar-refractivity contribution in [3.05, 3.63) is 0 Å². The van der Waals surface area contributed by atoms with Crippen molar-refractivity contribution in [2.75, 3.05) is 34.2 Å². The molecule has 1 atom stereocenters. The molecule has 0 bridgehead atoms. The molecule has 3 N–H and O–H groups in total. The minimum absolute atomic E-state index is 0.154. The van der Waals surface area contributed by atoms with Gasteiger partial charge in [-0.25, -0.2) is 0 Å². The quantitative estimate of drug-likeness (QED) is 0.584. The average Bonchev–Trinajstić information content (AvgIpc) is 2.13. The molecule has 1 unspecified atom stereocenters. The van der Waals surface area contributed by atoms with Crippen LogP contribution in [0.5, 0.6) is 0 Å². The average molecular weight is 217 g/mol.